The van der Waals surface area contributed by atoms with Crippen molar-refractivity contribution < 1.29 is 9.59 Å². The highest BCUT2D eigenvalue weighted by molar-refractivity contribution is 7.17. The van der Waals surface area contributed by atoms with E-state index in [1.165, 1.54) is 4.88 Å². The van der Waals surface area contributed by atoms with Crippen molar-refractivity contribution in [3.8, 4) is 0 Å². The van der Waals surface area contributed by atoms with E-state index in [2.05, 4.69) is 10.6 Å². The van der Waals surface area contributed by atoms with Crippen LogP contribution in [0.2, 0.25) is 0 Å². The lowest BCUT2D eigenvalue weighted by Crippen LogP contribution is -2.22. The molecule has 28 heavy (non-hydrogen) atoms. The third kappa shape index (κ3) is 3.80. The molecule has 0 saturated heterocycles. The lowest BCUT2D eigenvalue weighted by Gasteiger charge is -2.12. The van der Waals surface area contributed by atoms with Crippen LogP contribution in [0.5, 0.6) is 0 Å². The van der Waals surface area contributed by atoms with E-state index >= 15 is 0 Å². The first-order valence-electron chi connectivity index (χ1n) is 9.84. The summed E-state index contributed by atoms with van der Waals surface area (Å²) in [6.07, 6.45) is 4.11. The number of aryl methyl sites for hydroxylation is 1. The van der Waals surface area contributed by atoms with E-state index < -0.39 is 0 Å². The second kappa shape index (κ2) is 9.02. The molecule has 0 fully saturated rings. The quantitative estimate of drug-likeness (QED) is 0.623. The SMILES string of the molecule is CC.CNC(=O)c1c(NC(=O)c2cccc3ccccc23)sc2c1CCCC2. The summed E-state index contributed by atoms with van der Waals surface area (Å²) in [5.41, 5.74) is 2.37. The van der Waals surface area contributed by atoms with Crippen LogP contribution in [-0.4, -0.2) is 18.9 Å². The van der Waals surface area contributed by atoms with Crippen LogP contribution in [0, 0.1) is 0 Å². The highest BCUT2D eigenvalue weighted by Gasteiger charge is 2.26. The number of thiophene rings is 1. The number of carbonyl (C=O) groups is 2. The third-order valence-electron chi connectivity index (χ3n) is 4.89. The summed E-state index contributed by atoms with van der Waals surface area (Å²) in [5, 5.41) is 8.33. The molecule has 0 atom stereocenters. The highest BCUT2D eigenvalue weighted by atomic mass is 32.1. The van der Waals surface area contributed by atoms with Crippen LogP contribution in [0.1, 0.15) is 57.8 Å². The lowest BCUT2D eigenvalue weighted by atomic mass is 9.95. The maximum absolute atomic E-state index is 13.0. The molecule has 2 N–H and O–H groups in total. The highest BCUT2D eigenvalue weighted by Crippen LogP contribution is 2.38. The first-order chi connectivity index (χ1) is 13.7. The molecule has 1 aliphatic rings. The molecule has 5 heteroatoms. The molecule has 0 spiro atoms. The van der Waals surface area contributed by atoms with Crippen LogP contribution in [0.25, 0.3) is 10.8 Å². The minimum atomic E-state index is -0.175. The summed E-state index contributed by atoms with van der Waals surface area (Å²) in [6, 6.07) is 13.5. The Bertz CT molecular complexity index is 1000. The summed E-state index contributed by atoms with van der Waals surface area (Å²) in [5.74, 6) is -0.303. The van der Waals surface area contributed by atoms with Gasteiger partial charge in [0.15, 0.2) is 0 Å². The van der Waals surface area contributed by atoms with Crippen molar-refractivity contribution in [1.29, 1.82) is 0 Å². The number of fused-ring (bicyclic) bond motifs is 2. The predicted molar refractivity (Wildman–Crippen MR) is 118 cm³/mol. The normalized spacial score (nSPS) is 12.5. The van der Waals surface area contributed by atoms with Crippen molar-refractivity contribution in [3.05, 3.63) is 64.0 Å². The van der Waals surface area contributed by atoms with E-state index in [0.717, 1.165) is 42.0 Å². The van der Waals surface area contributed by atoms with E-state index in [-0.39, 0.29) is 11.8 Å². The second-order valence-electron chi connectivity index (χ2n) is 6.47. The van der Waals surface area contributed by atoms with Gasteiger partial charge >= 0.3 is 0 Å². The van der Waals surface area contributed by atoms with Gasteiger partial charge in [0, 0.05) is 17.5 Å². The summed E-state index contributed by atoms with van der Waals surface area (Å²) in [7, 11) is 1.63. The Morgan fingerprint density at radius 3 is 2.43 bits per heavy atom. The van der Waals surface area contributed by atoms with Crippen molar-refractivity contribution in [1.82, 2.24) is 5.32 Å². The Balaban J connectivity index is 0.00000109. The van der Waals surface area contributed by atoms with E-state index in [1.54, 1.807) is 18.4 Å². The van der Waals surface area contributed by atoms with Crippen LogP contribution >= 0.6 is 11.3 Å². The summed E-state index contributed by atoms with van der Waals surface area (Å²) < 4.78 is 0. The van der Waals surface area contributed by atoms with Crippen molar-refractivity contribution >= 4 is 38.9 Å². The summed E-state index contributed by atoms with van der Waals surface area (Å²) in [6.45, 7) is 4.00. The zero-order valence-electron chi connectivity index (χ0n) is 16.6. The Labute approximate surface area is 170 Å². The fourth-order valence-corrected chi connectivity index (χ4v) is 4.89. The molecule has 0 radical (unpaired) electrons. The van der Waals surface area contributed by atoms with Crippen molar-refractivity contribution in [2.75, 3.05) is 12.4 Å². The first kappa shape index (κ1) is 20.1. The molecule has 0 saturated carbocycles. The first-order valence-corrected chi connectivity index (χ1v) is 10.7. The molecule has 0 bridgehead atoms. The van der Waals surface area contributed by atoms with Gasteiger partial charge in [-0.1, -0.05) is 50.2 Å². The van der Waals surface area contributed by atoms with Crippen molar-refractivity contribution in [2.24, 2.45) is 0 Å². The number of hydrogen-bond donors (Lipinski definition) is 2. The van der Waals surface area contributed by atoms with Crippen LogP contribution in [0.3, 0.4) is 0 Å². The minimum absolute atomic E-state index is 0.127. The van der Waals surface area contributed by atoms with Gasteiger partial charge < -0.3 is 10.6 Å². The van der Waals surface area contributed by atoms with Crippen LogP contribution < -0.4 is 10.6 Å². The van der Waals surface area contributed by atoms with E-state index in [9.17, 15) is 9.59 Å². The molecular weight excluding hydrogens is 368 g/mol. The van der Waals surface area contributed by atoms with Gasteiger partial charge in [-0.15, -0.1) is 11.3 Å². The number of benzene rings is 2. The van der Waals surface area contributed by atoms with Crippen LogP contribution in [0.4, 0.5) is 5.00 Å². The average molecular weight is 395 g/mol. The Morgan fingerprint density at radius 2 is 1.64 bits per heavy atom. The van der Waals surface area contributed by atoms with Gasteiger partial charge in [0.05, 0.1) is 5.56 Å². The van der Waals surface area contributed by atoms with Crippen molar-refractivity contribution in [2.45, 2.75) is 39.5 Å². The molecular formula is C23H26N2O2S. The molecule has 3 aromatic rings. The van der Waals surface area contributed by atoms with E-state index in [1.807, 2.05) is 56.3 Å². The molecule has 1 aromatic heterocycles. The molecule has 1 aliphatic carbocycles. The molecule has 2 aromatic carbocycles. The van der Waals surface area contributed by atoms with Gasteiger partial charge in [-0.05, 0) is 48.1 Å². The van der Waals surface area contributed by atoms with Gasteiger partial charge in [0.2, 0.25) is 0 Å². The predicted octanol–water partition coefficient (Wildman–Crippen LogP) is 5.42. The van der Waals surface area contributed by atoms with Crippen molar-refractivity contribution in [3.63, 3.8) is 0 Å². The molecule has 146 valence electrons. The van der Waals surface area contributed by atoms with Gasteiger partial charge in [-0.25, -0.2) is 0 Å². The average Bonchev–Trinajstić information content (AvgIpc) is 3.12. The fourth-order valence-electron chi connectivity index (χ4n) is 3.61. The van der Waals surface area contributed by atoms with Crippen LogP contribution in [-0.2, 0) is 12.8 Å². The number of hydrogen-bond acceptors (Lipinski definition) is 3. The topological polar surface area (TPSA) is 58.2 Å². The van der Waals surface area contributed by atoms with E-state index in [4.69, 9.17) is 0 Å². The third-order valence-corrected chi connectivity index (χ3v) is 6.09. The smallest absolute Gasteiger partial charge is 0.256 e. The van der Waals surface area contributed by atoms with E-state index in [0.29, 0.717) is 16.1 Å². The Hall–Kier alpha value is -2.66. The summed E-state index contributed by atoms with van der Waals surface area (Å²) >= 11 is 1.54. The molecule has 0 unspecified atom stereocenters. The number of anilines is 1. The number of amides is 2. The van der Waals surface area contributed by atoms with Gasteiger partial charge in [0.25, 0.3) is 11.8 Å². The number of nitrogens with one attached hydrogen (secondary N) is 2. The molecule has 4 nitrogen and oxygen atoms in total. The Kier molecular flexibility index (Phi) is 6.47. The molecule has 0 aliphatic heterocycles. The zero-order chi connectivity index (χ0) is 20.1. The fraction of sp³-hybridized carbons (Fsp3) is 0.304. The molecule has 1 heterocycles. The largest absolute Gasteiger partial charge is 0.355 e. The molecule has 2 amide bonds. The van der Waals surface area contributed by atoms with Gasteiger partial charge in [-0.2, -0.15) is 0 Å². The standard InChI is InChI=1S/C21H20N2O2S.C2H6/c1-22-20(25)18-16-10-4-5-12-17(16)26-21(18)23-19(24)15-11-6-8-13-7-2-3-9-14(13)15;1-2/h2-3,6-9,11H,4-5,10,12H2,1H3,(H,22,25)(H,23,24);1-2H3. The monoisotopic (exact) mass is 394 g/mol. The number of carbonyl (C=O) groups excluding carboxylic acids is 2. The number of rotatable bonds is 3. The molecule has 4 rings (SSSR count). The Morgan fingerprint density at radius 1 is 0.929 bits per heavy atom. The second-order valence-corrected chi connectivity index (χ2v) is 7.58. The van der Waals surface area contributed by atoms with Gasteiger partial charge in [0.1, 0.15) is 5.00 Å². The van der Waals surface area contributed by atoms with Gasteiger partial charge in [-0.3, -0.25) is 9.59 Å². The maximum atomic E-state index is 13.0. The van der Waals surface area contributed by atoms with Crippen LogP contribution in [0.15, 0.2) is 42.5 Å². The maximum Gasteiger partial charge on any atom is 0.256 e. The summed E-state index contributed by atoms with van der Waals surface area (Å²) in [4.78, 5) is 26.6. The lowest BCUT2D eigenvalue weighted by molar-refractivity contribution is 0.0963. The minimum Gasteiger partial charge on any atom is -0.355 e. The zero-order valence-corrected chi connectivity index (χ0v) is 17.4.